The van der Waals surface area contributed by atoms with E-state index in [1.54, 1.807) is 4.90 Å². The number of rotatable bonds is 9. The number of hydrogen-bond acceptors (Lipinski definition) is 5. The van der Waals surface area contributed by atoms with Crippen LogP contribution in [0, 0.1) is 23.2 Å². The zero-order valence-corrected chi connectivity index (χ0v) is 17.7. The predicted molar refractivity (Wildman–Crippen MR) is 112 cm³/mol. The first-order chi connectivity index (χ1) is 13.1. The van der Waals surface area contributed by atoms with Gasteiger partial charge in [0.25, 0.3) is 5.91 Å². The number of carbonyl (C=O) groups excluding carboxylic acids is 2. The van der Waals surface area contributed by atoms with Gasteiger partial charge in [-0.1, -0.05) is 39.8 Å². The van der Waals surface area contributed by atoms with Crippen molar-refractivity contribution < 1.29 is 14.3 Å². The van der Waals surface area contributed by atoms with Crippen LogP contribution in [0.15, 0.2) is 29.8 Å². The normalized spacial score (nSPS) is 11.3. The standard InChI is InChI=1S/C22H31N3O3/c1-16(2)13-25(14-17(3)4)21(26)15-28-22(27)19(12-23)11-18-7-9-20(10-8-18)24(5)6/h7-11,16-17H,13-15H2,1-6H3/b19-11+. The third-order valence-corrected chi connectivity index (χ3v) is 3.91. The Morgan fingerprint density at radius 1 is 1.07 bits per heavy atom. The van der Waals surface area contributed by atoms with Gasteiger partial charge in [-0.15, -0.1) is 0 Å². The number of anilines is 1. The Morgan fingerprint density at radius 3 is 2.04 bits per heavy atom. The lowest BCUT2D eigenvalue weighted by atomic mass is 10.1. The fraction of sp³-hybridized carbons (Fsp3) is 0.500. The van der Waals surface area contributed by atoms with Crippen molar-refractivity contribution in [3.8, 4) is 6.07 Å². The van der Waals surface area contributed by atoms with Crippen LogP contribution in [0.3, 0.4) is 0 Å². The Balaban J connectivity index is 2.77. The smallest absolute Gasteiger partial charge is 0.349 e. The van der Waals surface area contributed by atoms with E-state index in [4.69, 9.17) is 4.74 Å². The summed E-state index contributed by atoms with van der Waals surface area (Å²) in [4.78, 5) is 28.3. The number of carbonyl (C=O) groups is 2. The van der Waals surface area contributed by atoms with Gasteiger partial charge in [-0.05, 0) is 35.6 Å². The number of nitriles is 1. The van der Waals surface area contributed by atoms with Crippen LogP contribution in [0.2, 0.25) is 0 Å². The van der Waals surface area contributed by atoms with E-state index in [0.717, 1.165) is 5.69 Å². The van der Waals surface area contributed by atoms with Gasteiger partial charge >= 0.3 is 5.97 Å². The minimum Gasteiger partial charge on any atom is -0.451 e. The number of ether oxygens (including phenoxy) is 1. The Hall–Kier alpha value is -2.81. The van der Waals surface area contributed by atoms with Crippen LogP contribution in [0.4, 0.5) is 5.69 Å². The minimum absolute atomic E-state index is 0.135. The average molecular weight is 386 g/mol. The van der Waals surface area contributed by atoms with Crippen molar-refractivity contribution in [2.24, 2.45) is 11.8 Å². The molecule has 152 valence electrons. The van der Waals surface area contributed by atoms with Gasteiger partial charge < -0.3 is 14.5 Å². The molecule has 1 aromatic carbocycles. The number of amides is 1. The molecule has 0 aromatic heterocycles. The molecule has 0 N–H and O–H groups in total. The van der Waals surface area contributed by atoms with Gasteiger partial charge in [-0.2, -0.15) is 5.26 Å². The number of esters is 1. The van der Waals surface area contributed by atoms with Crippen LogP contribution in [0.25, 0.3) is 6.08 Å². The first kappa shape index (κ1) is 23.2. The Kier molecular flexibility index (Phi) is 9.23. The lowest BCUT2D eigenvalue weighted by molar-refractivity contribution is -0.149. The molecule has 0 saturated heterocycles. The van der Waals surface area contributed by atoms with Gasteiger partial charge in [-0.25, -0.2) is 4.79 Å². The Bertz CT molecular complexity index is 718. The maximum absolute atomic E-state index is 12.4. The van der Waals surface area contributed by atoms with E-state index in [-0.39, 0.29) is 18.1 Å². The molecule has 0 fully saturated rings. The summed E-state index contributed by atoms with van der Waals surface area (Å²) in [5.74, 6) is -0.402. The summed E-state index contributed by atoms with van der Waals surface area (Å²) in [5, 5.41) is 9.29. The molecule has 0 saturated carbocycles. The summed E-state index contributed by atoms with van der Waals surface area (Å²) >= 11 is 0. The molecule has 6 heteroatoms. The molecule has 1 aromatic rings. The van der Waals surface area contributed by atoms with Crippen LogP contribution >= 0.6 is 0 Å². The maximum Gasteiger partial charge on any atom is 0.349 e. The SMILES string of the molecule is CC(C)CN(CC(C)C)C(=O)COC(=O)/C(C#N)=C/c1ccc(N(C)C)cc1. The van der Waals surface area contributed by atoms with Gasteiger partial charge in [0.05, 0.1) is 0 Å². The molecule has 0 heterocycles. The fourth-order valence-corrected chi connectivity index (χ4v) is 2.63. The fourth-order valence-electron chi connectivity index (χ4n) is 2.63. The molecular formula is C22H31N3O3. The van der Waals surface area contributed by atoms with Gasteiger partial charge in [-0.3, -0.25) is 4.79 Å². The lowest BCUT2D eigenvalue weighted by Gasteiger charge is -2.26. The molecule has 1 rings (SSSR count). The largest absolute Gasteiger partial charge is 0.451 e. The summed E-state index contributed by atoms with van der Waals surface area (Å²) in [6.07, 6.45) is 1.46. The monoisotopic (exact) mass is 385 g/mol. The summed E-state index contributed by atoms with van der Waals surface area (Å²) < 4.78 is 5.11. The summed E-state index contributed by atoms with van der Waals surface area (Å²) in [6, 6.07) is 9.28. The van der Waals surface area contributed by atoms with Gasteiger partial charge in [0.2, 0.25) is 0 Å². The highest BCUT2D eigenvalue weighted by molar-refractivity contribution is 5.98. The third-order valence-electron chi connectivity index (χ3n) is 3.91. The maximum atomic E-state index is 12.4. The van der Waals surface area contributed by atoms with Gasteiger partial charge in [0.15, 0.2) is 6.61 Å². The molecule has 0 aliphatic heterocycles. The minimum atomic E-state index is -0.790. The summed E-state index contributed by atoms with van der Waals surface area (Å²) in [5.41, 5.74) is 1.59. The van der Waals surface area contributed by atoms with Crippen LogP contribution in [0.5, 0.6) is 0 Å². The highest BCUT2D eigenvalue weighted by Gasteiger charge is 2.19. The van der Waals surface area contributed by atoms with Crippen molar-refractivity contribution >= 4 is 23.6 Å². The van der Waals surface area contributed by atoms with Crippen molar-refractivity contribution in [1.82, 2.24) is 4.90 Å². The molecule has 0 aliphatic carbocycles. The summed E-state index contributed by atoms with van der Waals surface area (Å²) in [6.45, 7) is 8.98. The lowest BCUT2D eigenvalue weighted by Crippen LogP contribution is -2.39. The molecular weight excluding hydrogens is 354 g/mol. The van der Waals surface area contributed by atoms with E-state index < -0.39 is 5.97 Å². The van der Waals surface area contributed by atoms with E-state index >= 15 is 0 Å². The highest BCUT2D eigenvalue weighted by atomic mass is 16.5. The molecule has 0 spiro atoms. The number of nitrogens with zero attached hydrogens (tertiary/aromatic N) is 3. The Morgan fingerprint density at radius 2 is 1.61 bits per heavy atom. The first-order valence-electron chi connectivity index (χ1n) is 9.48. The summed E-state index contributed by atoms with van der Waals surface area (Å²) in [7, 11) is 3.86. The molecule has 0 atom stereocenters. The van der Waals surface area contributed by atoms with Crippen LogP contribution in [0.1, 0.15) is 33.3 Å². The second kappa shape index (κ2) is 11.1. The zero-order valence-electron chi connectivity index (χ0n) is 17.7. The Labute approximate surface area is 168 Å². The van der Waals surface area contributed by atoms with Crippen molar-refractivity contribution in [3.63, 3.8) is 0 Å². The average Bonchev–Trinajstić information content (AvgIpc) is 2.62. The van der Waals surface area contributed by atoms with E-state index in [9.17, 15) is 14.9 Å². The van der Waals surface area contributed by atoms with Crippen molar-refractivity contribution in [1.29, 1.82) is 5.26 Å². The second-order valence-corrected chi connectivity index (χ2v) is 7.82. The molecule has 0 unspecified atom stereocenters. The quantitative estimate of drug-likeness (QED) is 0.370. The first-order valence-corrected chi connectivity index (χ1v) is 9.48. The number of hydrogen-bond donors (Lipinski definition) is 0. The second-order valence-electron chi connectivity index (χ2n) is 7.82. The highest BCUT2D eigenvalue weighted by Crippen LogP contribution is 2.15. The third kappa shape index (κ3) is 7.83. The number of benzene rings is 1. The van der Waals surface area contributed by atoms with Crippen LogP contribution < -0.4 is 4.90 Å². The van der Waals surface area contributed by atoms with Crippen LogP contribution in [-0.4, -0.2) is 50.6 Å². The molecule has 28 heavy (non-hydrogen) atoms. The molecule has 0 aliphatic rings. The van der Waals surface area contributed by atoms with E-state index in [1.165, 1.54) is 6.08 Å². The topological polar surface area (TPSA) is 73.6 Å². The van der Waals surface area contributed by atoms with E-state index in [1.807, 2.05) is 77.0 Å². The van der Waals surface area contributed by atoms with Gasteiger partial charge in [0, 0.05) is 32.9 Å². The van der Waals surface area contributed by atoms with Crippen molar-refractivity contribution in [2.45, 2.75) is 27.7 Å². The van der Waals surface area contributed by atoms with E-state index in [2.05, 4.69) is 0 Å². The molecule has 0 radical (unpaired) electrons. The molecule has 6 nitrogen and oxygen atoms in total. The van der Waals surface area contributed by atoms with E-state index in [0.29, 0.717) is 30.5 Å². The van der Waals surface area contributed by atoms with Crippen molar-refractivity contribution in [3.05, 3.63) is 35.4 Å². The zero-order chi connectivity index (χ0) is 21.3. The van der Waals surface area contributed by atoms with Crippen LogP contribution in [-0.2, 0) is 14.3 Å². The van der Waals surface area contributed by atoms with Crippen molar-refractivity contribution in [2.75, 3.05) is 38.7 Å². The van der Waals surface area contributed by atoms with Gasteiger partial charge in [0.1, 0.15) is 11.6 Å². The molecule has 0 bridgehead atoms. The predicted octanol–water partition coefficient (Wildman–Crippen LogP) is 3.34. The molecule has 1 amide bonds.